The normalized spacial score (nSPS) is 13.0. The van der Waals surface area contributed by atoms with Gasteiger partial charge in [-0.1, -0.05) is 303 Å². The van der Waals surface area contributed by atoms with Crippen molar-refractivity contribution < 1.29 is 13.7 Å². The van der Waals surface area contributed by atoms with Crippen LogP contribution in [0.1, 0.15) is 13.7 Å². The van der Waals surface area contributed by atoms with E-state index in [0.29, 0.717) is 28.0 Å². The largest absolute Gasteiger partial charge is 0.310 e. The Morgan fingerprint density at radius 1 is 0.250 bits per heavy atom. The molecule has 0 spiro atoms. The van der Waals surface area contributed by atoms with E-state index in [1.54, 1.807) is 18.2 Å². The lowest BCUT2D eigenvalue weighted by molar-refractivity contribution is 1.19. The molecule has 0 fully saturated rings. The Balaban J connectivity index is 0.000000145. The quantitative estimate of drug-likeness (QED) is 0.142. The number of hydrogen-bond acceptors (Lipinski definition) is 4. The molecule has 24 aromatic rings. The topological polar surface area (TPSA) is 65.8 Å². The lowest BCUT2D eigenvalue weighted by Gasteiger charge is -2.17. The minimum Gasteiger partial charge on any atom is -0.310 e. The first-order valence-electron chi connectivity index (χ1n) is 43.5. The molecular formula is C109H65N7. The van der Waals surface area contributed by atoms with Gasteiger partial charge in [-0.15, -0.1) is 0 Å². The Labute approximate surface area is 680 Å². The summed E-state index contributed by atoms with van der Waals surface area (Å²) in [4.78, 5) is 25.2. The second-order valence-corrected chi connectivity index (χ2v) is 29.5. The van der Waals surface area contributed by atoms with E-state index in [2.05, 4.69) is 275 Å². The zero-order valence-electron chi connectivity index (χ0n) is 71.9. The minimum absolute atomic E-state index is 0.0195. The molecule has 4 aromatic heterocycles. The number of aromatic nitrogens is 6. The lowest BCUT2D eigenvalue weighted by atomic mass is 9.96. The Morgan fingerprint density at radius 2 is 0.681 bits per heavy atom. The van der Waals surface area contributed by atoms with E-state index in [1.807, 2.05) is 54.6 Å². The van der Waals surface area contributed by atoms with Crippen LogP contribution in [0.2, 0.25) is 0 Å². The standard InChI is InChI=1S/C59H34N4.C50H31N3/c1-60-52-35-55(63-53-29-27-38-14-8-9-19-46(38)56(53)50-33-41-17-6-7-18-42(41)34-54(50)63)47-20-10-11-21-48(47)57(52)59-61-51-28-26-44(43-24-22-36-12-2-4-15-39(36)30-43)32-49(51)58(62-59)45-25-23-37-13-3-5-16-40(37)31-45;1-3-13-32(14-4-1)37-23-25-42-44(30-37)51-50(52-49(42)34-16-5-2-6-17-34)41-26-28-45(40-22-12-11-21-39(40)41)53-46-27-24-33-15-9-10-20-38(33)48(46)43-29-35-18-7-8-19-36(35)31-47(43)53/h2-35H;1-31H/i;1D,2D,3D,4D,5D,6D,13D,14D,16D,17D. The van der Waals surface area contributed by atoms with Gasteiger partial charge in [-0.3, -0.25) is 0 Å². The van der Waals surface area contributed by atoms with Crippen LogP contribution < -0.4 is 0 Å². The lowest BCUT2D eigenvalue weighted by Crippen LogP contribution is -2.00. The van der Waals surface area contributed by atoms with E-state index in [9.17, 15) is 0 Å². The Hall–Kier alpha value is -15.8. The van der Waals surface area contributed by atoms with Crippen LogP contribution in [0.3, 0.4) is 0 Å². The average molecular weight is 1480 g/mol. The van der Waals surface area contributed by atoms with Crippen molar-refractivity contribution in [1.82, 2.24) is 29.1 Å². The fourth-order valence-corrected chi connectivity index (χ4v) is 17.7. The molecular weight excluding hydrogens is 1410 g/mol. The molecule has 7 nitrogen and oxygen atoms in total. The van der Waals surface area contributed by atoms with Gasteiger partial charge in [0.1, 0.15) is 0 Å². The van der Waals surface area contributed by atoms with Crippen LogP contribution in [-0.2, 0) is 0 Å². The molecule has 0 radical (unpaired) electrons. The van der Waals surface area contributed by atoms with Crippen molar-refractivity contribution in [2.75, 3.05) is 0 Å². The summed E-state index contributed by atoms with van der Waals surface area (Å²) in [5, 5.41) is 23.5. The second-order valence-electron chi connectivity index (χ2n) is 29.5. The molecule has 536 valence electrons. The highest BCUT2D eigenvalue weighted by Gasteiger charge is 2.26. The molecule has 0 aliphatic heterocycles. The van der Waals surface area contributed by atoms with E-state index in [1.165, 1.54) is 48.5 Å². The van der Waals surface area contributed by atoms with Crippen LogP contribution in [0.5, 0.6) is 0 Å². The Kier molecular flexibility index (Phi) is 13.0. The van der Waals surface area contributed by atoms with E-state index in [0.717, 1.165) is 132 Å². The molecule has 116 heavy (non-hydrogen) atoms. The molecule has 0 unspecified atom stereocenters. The molecule has 0 aliphatic carbocycles. The van der Waals surface area contributed by atoms with Gasteiger partial charge >= 0.3 is 0 Å². The van der Waals surface area contributed by atoms with Crippen LogP contribution in [0.4, 0.5) is 5.69 Å². The maximum absolute atomic E-state index is 8.95. The predicted octanol–water partition coefficient (Wildman–Crippen LogP) is 29.2. The number of nitrogens with zero attached hydrogens (tertiary/aromatic N) is 7. The summed E-state index contributed by atoms with van der Waals surface area (Å²) in [5.74, 6) is 0.724. The molecule has 0 saturated carbocycles. The van der Waals surface area contributed by atoms with Gasteiger partial charge in [-0.25, -0.2) is 24.8 Å². The van der Waals surface area contributed by atoms with Crippen LogP contribution in [-0.4, -0.2) is 29.1 Å². The molecule has 0 aliphatic rings. The summed E-state index contributed by atoms with van der Waals surface area (Å²) < 4.78 is 90.1. The molecule has 0 saturated heterocycles. The zero-order chi connectivity index (χ0) is 85.2. The summed E-state index contributed by atoms with van der Waals surface area (Å²) in [6, 6.07) is 111. The van der Waals surface area contributed by atoms with Crippen molar-refractivity contribution in [2.45, 2.75) is 0 Å². The molecule has 0 N–H and O–H groups in total. The van der Waals surface area contributed by atoms with Crippen LogP contribution >= 0.6 is 0 Å². The first kappa shape index (κ1) is 56.5. The monoisotopic (exact) mass is 1480 g/mol. The molecule has 0 bridgehead atoms. The summed E-state index contributed by atoms with van der Waals surface area (Å²) in [6.07, 6.45) is 0. The van der Waals surface area contributed by atoms with Crippen molar-refractivity contribution in [2.24, 2.45) is 0 Å². The van der Waals surface area contributed by atoms with Crippen molar-refractivity contribution >= 4 is 157 Å². The first-order valence-corrected chi connectivity index (χ1v) is 38.5. The van der Waals surface area contributed by atoms with E-state index >= 15 is 0 Å². The van der Waals surface area contributed by atoms with Gasteiger partial charge in [0.2, 0.25) is 5.69 Å². The fraction of sp³-hybridized carbons (Fsp3) is 0. The maximum atomic E-state index is 8.95. The number of hydrogen-bond donors (Lipinski definition) is 0. The second kappa shape index (κ2) is 26.8. The predicted molar refractivity (Wildman–Crippen MR) is 487 cm³/mol. The molecule has 0 atom stereocenters. The van der Waals surface area contributed by atoms with E-state index in [4.69, 9.17) is 40.2 Å². The van der Waals surface area contributed by atoms with Gasteiger partial charge in [-0.2, -0.15) is 0 Å². The van der Waals surface area contributed by atoms with E-state index < -0.39 is 48.3 Å². The molecule has 4 heterocycles. The fourth-order valence-electron chi connectivity index (χ4n) is 17.7. The van der Waals surface area contributed by atoms with Gasteiger partial charge in [0.15, 0.2) is 11.6 Å². The van der Waals surface area contributed by atoms with Gasteiger partial charge in [-0.05, 0) is 189 Å². The van der Waals surface area contributed by atoms with Crippen LogP contribution in [0, 0.1) is 6.57 Å². The third-order valence-corrected chi connectivity index (χ3v) is 23.0. The van der Waals surface area contributed by atoms with Gasteiger partial charge in [0, 0.05) is 71.0 Å². The SMILES string of the molecule is [2H]c1c([2H])c([2H])c(-c2ccc3c(-c4c([2H])c([2H])c([2H])c([2H])c4[2H])nc(-c4ccc(-n5c6cc7ccccc7cc6c6c7ccccc7ccc65)c5ccccc45)nc3c2)c([2H])c1[2H].[C-]#[N+]c1cc(-n2c3cc4ccccc4cc3c3c4ccccc4ccc32)c2ccccc2c1-c1nc(-c2ccc3ccccc3c2)c2cc(-c3ccc4ccccc4c3)ccc2n1. The molecule has 7 heteroatoms. The molecule has 24 rings (SSSR count). The van der Waals surface area contributed by atoms with Crippen molar-refractivity contribution in [1.29, 1.82) is 0 Å². The van der Waals surface area contributed by atoms with E-state index in [-0.39, 0.29) is 40.2 Å². The van der Waals surface area contributed by atoms with Crippen LogP contribution in [0.15, 0.2) is 394 Å². The summed E-state index contributed by atoms with van der Waals surface area (Å²) in [6.45, 7) is 8.78. The highest BCUT2D eigenvalue weighted by atomic mass is 15.0. The smallest absolute Gasteiger partial charge is 0.200 e. The number of rotatable bonds is 8. The highest BCUT2D eigenvalue weighted by molar-refractivity contribution is 6.26. The Morgan fingerprint density at radius 3 is 1.28 bits per heavy atom. The third-order valence-electron chi connectivity index (χ3n) is 23.0. The third kappa shape index (κ3) is 10.8. The summed E-state index contributed by atoms with van der Waals surface area (Å²) in [7, 11) is 0. The Bertz CT molecular complexity index is 8920. The number of benzene rings is 20. The first-order chi connectivity index (χ1) is 61.6. The highest BCUT2D eigenvalue weighted by Crippen LogP contribution is 2.48. The van der Waals surface area contributed by atoms with Crippen molar-refractivity contribution in [3.05, 3.63) is 405 Å². The summed E-state index contributed by atoms with van der Waals surface area (Å²) >= 11 is 0. The van der Waals surface area contributed by atoms with Crippen LogP contribution in [0.25, 0.3) is 235 Å². The maximum Gasteiger partial charge on any atom is 0.200 e. The summed E-state index contributed by atoms with van der Waals surface area (Å²) in [5.41, 5.74) is 13.3. The van der Waals surface area contributed by atoms with Gasteiger partial charge in [0.25, 0.3) is 0 Å². The molecule has 0 amide bonds. The van der Waals surface area contributed by atoms with Gasteiger partial charge < -0.3 is 9.13 Å². The van der Waals surface area contributed by atoms with Crippen molar-refractivity contribution in [3.8, 4) is 78.9 Å². The minimum atomic E-state index is -0.538. The zero-order valence-corrected chi connectivity index (χ0v) is 61.9. The van der Waals surface area contributed by atoms with Gasteiger partial charge in [0.05, 0.1) is 70.5 Å². The number of fused-ring (bicyclic) bond motifs is 18. The average Bonchev–Trinajstić information content (AvgIpc) is 1.59. The van der Waals surface area contributed by atoms with Crippen molar-refractivity contribution in [3.63, 3.8) is 0 Å². The molecule has 20 aromatic carbocycles.